The van der Waals surface area contributed by atoms with Crippen LogP contribution in [-0.4, -0.2) is 18.0 Å². The predicted octanol–water partition coefficient (Wildman–Crippen LogP) is 3.66. The Morgan fingerprint density at radius 1 is 1.25 bits per heavy atom. The van der Waals surface area contributed by atoms with E-state index in [2.05, 4.69) is 35.3 Å². The molecule has 1 N–H and O–H groups in total. The van der Waals surface area contributed by atoms with Gasteiger partial charge in [-0.2, -0.15) is 0 Å². The van der Waals surface area contributed by atoms with E-state index in [1.54, 1.807) is 6.26 Å². The molecule has 0 atom stereocenters. The fourth-order valence-corrected chi connectivity index (χ4v) is 2.79. The number of hydrogen-bond acceptors (Lipinski definition) is 3. The maximum absolute atomic E-state index is 5.44. The summed E-state index contributed by atoms with van der Waals surface area (Å²) in [5.41, 5.74) is 4.16. The summed E-state index contributed by atoms with van der Waals surface area (Å²) < 4.78 is 5.44. The average Bonchev–Trinajstić information content (AvgIpc) is 2.99. The number of nitrogens with zero attached hydrogens (tertiary/aromatic N) is 1. The smallest absolute Gasteiger partial charge is 0.117 e. The SMILES string of the molecule is CCN(Cc1ccc2c(c1)CCCN2)Cc1ccco1. The molecule has 0 bridgehead atoms. The molecule has 0 spiro atoms. The molecule has 0 aliphatic carbocycles. The van der Waals surface area contributed by atoms with Crippen LogP contribution in [0, 0.1) is 0 Å². The number of furan rings is 1. The lowest BCUT2D eigenvalue weighted by atomic mass is 10.0. The van der Waals surface area contributed by atoms with Crippen molar-refractivity contribution in [3.63, 3.8) is 0 Å². The van der Waals surface area contributed by atoms with Gasteiger partial charge in [-0.25, -0.2) is 0 Å². The van der Waals surface area contributed by atoms with E-state index in [1.165, 1.54) is 29.7 Å². The molecule has 2 aromatic rings. The van der Waals surface area contributed by atoms with E-state index in [0.29, 0.717) is 0 Å². The van der Waals surface area contributed by atoms with Crippen molar-refractivity contribution in [2.75, 3.05) is 18.4 Å². The van der Waals surface area contributed by atoms with Gasteiger partial charge in [-0.15, -0.1) is 0 Å². The number of fused-ring (bicyclic) bond motifs is 1. The van der Waals surface area contributed by atoms with Crippen LogP contribution < -0.4 is 5.32 Å². The molecule has 2 heterocycles. The molecule has 1 aliphatic heterocycles. The molecule has 0 unspecified atom stereocenters. The minimum absolute atomic E-state index is 0.874. The van der Waals surface area contributed by atoms with Gasteiger partial charge in [0.05, 0.1) is 12.8 Å². The third-order valence-electron chi connectivity index (χ3n) is 3.92. The number of nitrogens with one attached hydrogen (secondary N) is 1. The third-order valence-corrected chi connectivity index (χ3v) is 3.92. The highest BCUT2D eigenvalue weighted by Crippen LogP contribution is 2.23. The van der Waals surface area contributed by atoms with Crippen LogP contribution in [0.1, 0.15) is 30.2 Å². The number of benzene rings is 1. The lowest BCUT2D eigenvalue weighted by Crippen LogP contribution is -2.22. The molecule has 0 saturated carbocycles. The van der Waals surface area contributed by atoms with Crippen LogP contribution in [0.15, 0.2) is 41.0 Å². The van der Waals surface area contributed by atoms with E-state index < -0.39 is 0 Å². The molecule has 3 heteroatoms. The zero-order valence-electron chi connectivity index (χ0n) is 12.1. The van der Waals surface area contributed by atoms with Crippen LogP contribution in [-0.2, 0) is 19.5 Å². The van der Waals surface area contributed by atoms with Gasteiger partial charge in [0.25, 0.3) is 0 Å². The monoisotopic (exact) mass is 270 g/mol. The molecule has 106 valence electrons. The van der Waals surface area contributed by atoms with E-state index in [0.717, 1.165) is 31.9 Å². The summed E-state index contributed by atoms with van der Waals surface area (Å²) >= 11 is 0. The van der Waals surface area contributed by atoms with Crippen LogP contribution >= 0.6 is 0 Å². The molecule has 3 nitrogen and oxygen atoms in total. The van der Waals surface area contributed by atoms with Gasteiger partial charge in [0.15, 0.2) is 0 Å². The van der Waals surface area contributed by atoms with Gasteiger partial charge in [0.1, 0.15) is 5.76 Å². The van der Waals surface area contributed by atoms with Crippen molar-refractivity contribution in [2.24, 2.45) is 0 Å². The second kappa shape index (κ2) is 6.14. The standard InChI is InChI=1S/C17H22N2O/c1-2-19(13-16-6-4-10-20-16)12-14-7-8-17-15(11-14)5-3-9-18-17/h4,6-8,10-11,18H,2-3,5,9,12-13H2,1H3. The first kappa shape index (κ1) is 13.3. The Kier molecular flexibility index (Phi) is 4.07. The number of aryl methyl sites for hydroxylation is 1. The molecular weight excluding hydrogens is 248 g/mol. The van der Waals surface area contributed by atoms with Gasteiger partial charge >= 0.3 is 0 Å². The summed E-state index contributed by atoms with van der Waals surface area (Å²) in [5.74, 6) is 1.03. The summed E-state index contributed by atoms with van der Waals surface area (Å²) in [6.45, 7) is 6.17. The lowest BCUT2D eigenvalue weighted by Gasteiger charge is -2.22. The Labute approximate surface area is 120 Å². The van der Waals surface area contributed by atoms with Crippen LogP contribution in [0.2, 0.25) is 0 Å². The van der Waals surface area contributed by atoms with Crippen molar-refractivity contribution in [1.29, 1.82) is 0 Å². The summed E-state index contributed by atoms with van der Waals surface area (Å²) in [6.07, 6.45) is 4.18. The number of anilines is 1. The van der Waals surface area contributed by atoms with Gasteiger partial charge < -0.3 is 9.73 Å². The Balaban J connectivity index is 1.69. The van der Waals surface area contributed by atoms with Crippen molar-refractivity contribution in [1.82, 2.24) is 4.90 Å². The van der Waals surface area contributed by atoms with E-state index >= 15 is 0 Å². The molecule has 0 fully saturated rings. The summed E-state index contributed by atoms with van der Waals surface area (Å²) in [4.78, 5) is 2.40. The zero-order chi connectivity index (χ0) is 13.8. The fraction of sp³-hybridized carbons (Fsp3) is 0.412. The highest BCUT2D eigenvalue weighted by Gasteiger charge is 2.11. The first-order chi connectivity index (χ1) is 9.85. The van der Waals surface area contributed by atoms with E-state index in [9.17, 15) is 0 Å². The van der Waals surface area contributed by atoms with E-state index in [1.807, 2.05) is 12.1 Å². The van der Waals surface area contributed by atoms with Gasteiger partial charge in [-0.05, 0) is 48.7 Å². The van der Waals surface area contributed by atoms with Gasteiger partial charge in [0.2, 0.25) is 0 Å². The van der Waals surface area contributed by atoms with Crippen LogP contribution in [0.5, 0.6) is 0 Å². The normalized spacial score (nSPS) is 14.1. The Bertz CT molecular complexity index is 548. The molecule has 1 aromatic heterocycles. The highest BCUT2D eigenvalue weighted by molar-refractivity contribution is 5.54. The molecule has 0 amide bonds. The molecule has 20 heavy (non-hydrogen) atoms. The molecule has 0 radical (unpaired) electrons. The Hall–Kier alpha value is -1.74. The fourth-order valence-electron chi connectivity index (χ4n) is 2.79. The van der Waals surface area contributed by atoms with Crippen molar-refractivity contribution in [2.45, 2.75) is 32.9 Å². The molecular formula is C17H22N2O. The minimum Gasteiger partial charge on any atom is -0.468 e. The molecule has 1 aromatic carbocycles. The maximum Gasteiger partial charge on any atom is 0.117 e. The largest absolute Gasteiger partial charge is 0.468 e. The van der Waals surface area contributed by atoms with E-state index in [4.69, 9.17) is 4.42 Å². The highest BCUT2D eigenvalue weighted by atomic mass is 16.3. The van der Waals surface area contributed by atoms with Gasteiger partial charge in [-0.1, -0.05) is 19.1 Å². The van der Waals surface area contributed by atoms with Crippen LogP contribution in [0.4, 0.5) is 5.69 Å². The minimum atomic E-state index is 0.874. The number of hydrogen-bond donors (Lipinski definition) is 1. The van der Waals surface area contributed by atoms with E-state index in [-0.39, 0.29) is 0 Å². The van der Waals surface area contributed by atoms with Crippen molar-refractivity contribution >= 4 is 5.69 Å². The second-order valence-electron chi connectivity index (χ2n) is 5.40. The molecule has 0 saturated heterocycles. The summed E-state index contributed by atoms with van der Waals surface area (Å²) in [6, 6.07) is 10.8. The van der Waals surface area contributed by atoms with Crippen molar-refractivity contribution in [3.8, 4) is 0 Å². The maximum atomic E-state index is 5.44. The zero-order valence-corrected chi connectivity index (χ0v) is 12.1. The summed E-state index contributed by atoms with van der Waals surface area (Å²) in [7, 11) is 0. The third kappa shape index (κ3) is 3.05. The molecule has 3 rings (SSSR count). The predicted molar refractivity (Wildman–Crippen MR) is 81.7 cm³/mol. The Morgan fingerprint density at radius 2 is 2.20 bits per heavy atom. The topological polar surface area (TPSA) is 28.4 Å². The second-order valence-corrected chi connectivity index (χ2v) is 5.40. The quantitative estimate of drug-likeness (QED) is 0.898. The average molecular weight is 270 g/mol. The van der Waals surface area contributed by atoms with Crippen molar-refractivity contribution < 1.29 is 4.42 Å². The lowest BCUT2D eigenvalue weighted by molar-refractivity contribution is 0.248. The first-order valence-electron chi connectivity index (χ1n) is 7.45. The van der Waals surface area contributed by atoms with Crippen molar-refractivity contribution in [3.05, 3.63) is 53.5 Å². The molecule has 1 aliphatic rings. The van der Waals surface area contributed by atoms with Gasteiger partial charge in [-0.3, -0.25) is 4.90 Å². The summed E-state index contributed by atoms with van der Waals surface area (Å²) in [5, 5.41) is 3.46. The first-order valence-corrected chi connectivity index (χ1v) is 7.45. The van der Waals surface area contributed by atoms with Crippen LogP contribution in [0.25, 0.3) is 0 Å². The Morgan fingerprint density at radius 3 is 3.00 bits per heavy atom. The number of rotatable bonds is 5. The van der Waals surface area contributed by atoms with Gasteiger partial charge in [0, 0.05) is 18.8 Å². The van der Waals surface area contributed by atoms with Crippen LogP contribution in [0.3, 0.4) is 0 Å².